The molecule has 6 heteroatoms. The third-order valence-corrected chi connectivity index (χ3v) is 5.47. The highest BCUT2D eigenvalue weighted by Crippen LogP contribution is 2.34. The summed E-state index contributed by atoms with van der Waals surface area (Å²) in [6.07, 6.45) is 8.75. The Morgan fingerprint density at radius 2 is 1.73 bits per heavy atom. The van der Waals surface area contributed by atoms with Gasteiger partial charge in [0.1, 0.15) is 0 Å². The van der Waals surface area contributed by atoms with Crippen LogP contribution in [-0.4, -0.2) is 24.1 Å². The van der Waals surface area contributed by atoms with Gasteiger partial charge in [0.15, 0.2) is 22.4 Å². The smallest absolute Gasteiger partial charge is 0.171 e. The zero-order valence-electron chi connectivity index (χ0n) is 18.8. The van der Waals surface area contributed by atoms with E-state index in [0.717, 1.165) is 23.4 Å². The van der Waals surface area contributed by atoms with Gasteiger partial charge in [0, 0.05) is 11.3 Å². The number of ether oxygens (including phenoxy) is 2. The summed E-state index contributed by atoms with van der Waals surface area (Å²) in [5.41, 5.74) is 2.39. The van der Waals surface area contributed by atoms with Gasteiger partial charge < -0.3 is 20.1 Å². The van der Waals surface area contributed by atoms with Gasteiger partial charge >= 0.3 is 0 Å². The second-order valence-electron chi connectivity index (χ2n) is 7.74. The van der Waals surface area contributed by atoms with Gasteiger partial charge in [-0.05, 0) is 57.1 Å². The molecule has 1 heterocycles. The van der Waals surface area contributed by atoms with Crippen LogP contribution in [0.15, 0.2) is 29.5 Å². The Labute approximate surface area is 186 Å². The number of benzene rings is 1. The highest BCUT2D eigenvalue weighted by atomic mass is 32.1. The van der Waals surface area contributed by atoms with Crippen molar-refractivity contribution < 1.29 is 14.3 Å². The first-order valence-electron chi connectivity index (χ1n) is 11.2. The maximum Gasteiger partial charge on any atom is 0.171 e. The first-order valence-corrected chi connectivity index (χ1v) is 11.6. The fourth-order valence-corrected chi connectivity index (χ4v) is 4.01. The number of hydrogen-bond donors (Lipinski definition) is 2. The van der Waals surface area contributed by atoms with Gasteiger partial charge in [0.2, 0.25) is 0 Å². The summed E-state index contributed by atoms with van der Waals surface area (Å²) in [4.78, 5) is 12.2. The molecule has 0 aliphatic carbocycles. The van der Waals surface area contributed by atoms with E-state index in [2.05, 4.69) is 17.6 Å². The normalized spacial score (nSPS) is 16.1. The third-order valence-electron chi connectivity index (χ3n) is 5.25. The quantitative estimate of drug-likeness (QED) is 0.313. The molecule has 1 aliphatic rings. The summed E-state index contributed by atoms with van der Waals surface area (Å²) in [6, 6.07) is 5.56. The fraction of sp³-hybridized carbons (Fsp3) is 0.583. The van der Waals surface area contributed by atoms with Crippen LogP contribution in [0, 0.1) is 0 Å². The highest BCUT2D eigenvalue weighted by Gasteiger charge is 2.28. The Morgan fingerprint density at radius 1 is 1.03 bits per heavy atom. The van der Waals surface area contributed by atoms with Crippen molar-refractivity contribution >= 4 is 23.1 Å². The Hall–Kier alpha value is -2.08. The van der Waals surface area contributed by atoms with Crippen molar-refractivity contribution in [2.45, 2.75) is 78.7 Å². The van der Waals surface area contributed by atoms with Crippen molar-refractivity contribution in [3.63, 3.8) is 0 Å². The highest BCUT2D eigenvalue weighted by molar-refractivity contribution is 7.80. The number of Topliss-reactive ketones (excluding diaryl/α,β-unsaturated/α-hetero) is 1. The molecule has 1 aliphatic heterocycles. The third kappa shape index (κ3) is 7.01. The van der Waals surface area contributed by atoms with Crippen LogP contribution in [0.3, 0.4) is 0 Å². The molecular formula is C24H36N2O3S. The number of carbonyl (C=O) groups is 1. The van der Waals surface area contributed by atoms with Gasteiger partial charge in [-0.3, -0.25) is 4.79 Å². The van der Waals surface area contributed by atoms with Crippen molar-refractivity contribution in [1.29, 1.82) is 0 Å². The largest absolute Gasteiger partial charge is 0.490 e. The molecule has 30 heavy (non-hydrogen) atoms. The summed E-state index contributed by atoms with van der Waals surface area (Å²) in [5.74, 6) is 1.45. The number of rotatable bonds is 13. The predicted octanol–water partition coefficient (Wildman–Crippen LogP) is 5.60. The minimum atomic E-state index is -0.298. The number of unbranched alkanes of at least 4 members (excludes halogenated alkanes) is 6. The lowest BCUT2D eigenvalue weighted by atomic mass is 9.93. The lowest BCUT2D eigenvalue weighted by molar-refractivity contribution is -0.114. The molecule has 2 N–H and O–H groups in total. The molecule has 166 valence electrons. The molecule has 0 saturated carbocycles. The van der Waals surface area contributed by atoms with Gasteiger partial charge in [-0.15, -0.1) is 0 Å². The molecule has 0 amide bonds. The lowest BCUT2D eigenvalue weighted by Crippen LogP contribution is -2.44. The van der Waals surface area contributed by atoms with Crippen molar-refractivity contribution in [2.75, 3.05) is 13.2 Å². The molecule has 0 radical (unpaired) electrons. The second-order valence-corrected chi connectivity index (χ2v) is 8.14. The summed E-state index contributed by atoms with van der Waals surface area (Å²) in [7, 11) is 0. The molecule has 1 atom stereocenters. The van der Waals surface area contributed by atoms with Crippen molar-refractivity contribution in [3.8, 4) is 11.5 Å². The zero-order valence-corrected chi connectivity index (χ0v) is 19.6. The van der Waals surface area contributed by atoms with Gasteiger partial charge in [0.05, 0.1) is 19.3 Å². The van der Waals surface area contributed by atoms with Gasteiger partial charge in [0.25, 0.3) is 0 Å². The molecule has 0 spiro atoms. The zero-order chi connectivity index (χ0) is 21.9. The van der Waals surface area contributed by atoms with Crippen LogP contribution in [0.2, 0.25) is 0 Å². The monoisotopic (exact) mass is 432 g/mol. The van der Waals surface area contributed by atoms with Crippen molar-refractivity contribution in [2.24, 2.45) is 0 Å². The van der Waals surface area contributed by atoms with Crippen LogP contribution in [0.4, 0.5) is 0 Å². The number of nitrogens with one attached hydrogen (secondary N) is 2. The molecule has 0 bridgehead atoms. The van der Waals surface area contributed by atoms with Crippen LogP contribution in [0.25, 0.3) is 0 Å². The van der Waals surface area contributed by atoms with E-state index in [1.54, 1.807) is 6.92 Å². The van der Waals surface area contributed by atoms with Gasteiger partial charge in [-0.1, -0.05) is 51.5 Å². The average molecular weight is 433 g/mol. The summed E-state index contributed by atoms with van der Waals surface area (Å²) in [6.45, 7) is 8.87. The van der Waals surface area contributed by atoms with E-state index in [-0.39, 0.29) is 11.8 Å². The molecule has 1 unspecified atom stereocenters. The van der Waals surface area contributed by atoms with Crippen LogP contribution < -0.4 is 20.1 Å². The molecule has 2 rings (SSSR count). The SMILES string of the molecule is CCCCCCCCCOc1ccc(C2NC(=S)NC(C)=C2C(C)=O)cc1OCC. The number of allylic oxidation sites excluding steroid dienone is 1. The fourth-order valence-electron chi connectivity index (χ4n) is 3.74. The topological polar surface area (TPSA) is 59.6 Å². The second kappa shape index (κ2) is 12.6. The maximum absolute atomic E-state index is 12.2. The van der Waals surface area contributed by atoms with E-state index in [9.17, 15) is 4.79 Å². The van der Waals surface area contributed by atoms with E-state index in [1.807, 2.05) is 32.0 Å². The maximum atomic E-state index is 12.2. The van der Waals surface area contributed by atoms with Gasteiger partial charge in [-0.2, -0.15) is 0 Å². The van der Waals surface area contributed by atoms with E-state index in [1.165, 1.54) is 38.5 Å². The van der Waals surface area contributed by atoms with E-state index < -0.39 is 0 Å². The predicted molar refractivity (Wildman–Crippen MR) is 126 cm³/mol. The Balaban J connectivity index is 2.05. The van der Waals surface area contributed by atoms with Crippen LogP contribution in [0.5, 0.6) is 11.5 Å². The Kier molecular flexibility index (Phi) is 10.1. The van der Waals surface area contributed by atoms with E-state index in [0.29, 0.717) is 29.6 Å². The van der Waals surface area contributed by atoms with Crippen molar-refractivity contribution in [1.82, 2.24) is 10.6 Å². The standard InChI is InChI=1S/C24H36N2O3S/c1-5-7-8-9-10-11-12-15-29-20-14-13-19(16-21(20)28-6-2)23-22(18(4)27)17(3)25-24(30)26-23/h13-14,16,23H,5-12,15H2,1-4H3,(H2,25,26,30). The first kappa shape index (κ1) is 24.2. The van der Waals surface area contributed by atoms with Crippen LogP contribution in [0.1, 0.15) is 84.2 Å². The number of thiocarbonyl (C=S) groups is 1. The average Bonchev–Trinajstić information content (AvgIpc) is 2.70. The molecule has 0 fully saturated rings. The molecule has 5 nitrogen and oxygen atoms in total. The molecular weight excluding hydrogens is 396 g/mol. The number of carbonyl (C=O) groups excluding carboxylic acids is 1. The Bertz CT molecular complexity index is 761. The molecule has 1 aromatic carbocycles. The van der Waals surface area contributed by atoms with Crippen LogP contribution in [-0.2, 0) is 4.79 Å². The minimum Gasteiger partial charge on any atom is -0.490 e. The lowest BCUT2D eigenvalue weighted by Gasteiger charge is -2.30. The van der Waals surface area contributed by atoms with E-state index >= 15 is 0 Å². The minimum absolute atomic E-state index is 0.0113. The summed E-state index contributed by atoms with van der Waals surface area (Å²) < 4.78 is 11.9. The first-order chi connectivity index (χ1) is 14.5. The van der Waals surface area contributed by atoms with Crippen molar-refractivity contribution in [3.05, 3.63) is 35.0 Å². The molecule has 1 aromatic rings. The van der Waals surface area contributed by atoms with Crippen LogP contribution >= 0.6 is 12.2 Å². The Morgan fingerprint density at radius 3 is 2.40 bits per heavy atom. The summed E-state index contributed by atoms with van der Waals surface area (Å²) >= 11 is 5.30. The van der Waals surface area contributed by atoms with Gasteiger partial charge in [-0.25, -0.2) is 0 Å². The number of ketones is 1. The number of hydrogen-bond acceptors (Lipinski definition) is 4. The van der Waals surface area contributed by atoms with E-state index in [4.69, 9.17) is 21.7 Å². The summed E-state index contributed by atoms with van der Waals surface area (Å²) in [5, 5.41) is 6.76. The molecule has 0 aromatic heterocycles. The molecule has 0 saturated heterocycles.